The molecular formula is C22H29N3O3S. The highest BCUT2D eigenvalue weighted by Gasteiger charge is 2.07. The summed E-state index contributed by atoms with van der Waals surface area (Å²) in [6.45, 7) is 5.98. The van der Waals surface area contributed by atoms with Gasteiger partial charge in [0.2, 0.25) is 0 Å². The van der Waals surface area contributed by atoms with Crippen molar-refractivity contribution < 1.29 is 14.4 Å². The summed E-state index contributed by atoms with van der Waals surface area (Å²) in [7, 11) is 1.54. The maximum atomic E-state index is 5.93. The summed E-state index contributed by atoms with van der Waals surface area (Å²) >= 11 is 1.57. The minimum absolute atomic E-state index is 0.631. The predicted octanol–water partition coefficient (Wildman–Crippen LogP) is 4.82. The molecule has 6 nitrogen and oxygen atoms in total. The van der Waals surface area contributed by atoms with Crippen LogP contribution in [-0.4, -0.2) is 43.2 Å². The second-order valence-electron chi connectivity index (χ2n) is 6.77. The van der Waals surface area contributed by atoms with Crippen LogP contribution in [0.3, 0.4) is 0 Å². The SMILES string of the molecule is CCCN(CCCONOC)CCc1ccc(Oc2nc3ccccc3s2)cc1. The molecule has 3 rings (SSSR count). The zero-order chi connectivity index (χ0) is 20.3. The normalized spacial score (nSPS) is 11.4. The number of hydrogen-bond acceptors (Lipinski definition) is 7. The van der Waals surface area contributed by atoms with Gasteiger partial charge in [-0.1, -0.05) is 48.2 Å². The third kappa shape index (κ3) is 7.06. The smallest absolute Gasteiger partial charge is 0.279 e. The van der Waals surface area contributed by atoms with Gasteiger partial charge in [-0.25, -0.2) is 4.98 Å². The maximum absolute atomic E-state index is 5.93. The summed E-state index contributed by atoms with van der Waals surface area (Å²) in [5, 5.41) is 0.679. The number of nitrogens with one attached hydrogen (secondary N) is 1. The van der Waals surface area contributed by atoms with E-state index in [-0.39, 0.29) is 0 Å². The van der Waals surface area contributed by atoms with Gasteiger partial charge in [0.15, 0.2) is 0 Å². The van der Waals surface area contributed by atoms with Gasteiger partial charge in [-0.15, -0.1) is 0 Å². The van der Waals surface area contributed by atoms with Gasteiger partial charge in [0.25, 0.3) is 5.19 Å². The van der Waals surface area contributed by atoms with Crippen LogP contribution in [0.15, 0.2) is 48.5 Å². The van der Waals surface area contributed by atoms with E-state index < -0.39 is 0 Å². The summed E-state index contributed by atoms with van der Waals surface area (Å²) in [5.74, 6) is 0.820. The van der Waals surface area contributed by atoms with E-state index in [2.05, 4.69) is 45.5 Å². The lowest BCUT2D eigenvalue weighted by atomic mass is 10.1. The quantitative estimate of drug-likeness (QED) is 0.319. The van der Waals surface area contributed by atoms with Gasteiger partial charge < -0.3 is 9.64 Å². The van der Waals surface area contributed by atoms with Crippen molar-refractivity contribution >= 4 is 21.6 Å². The second kappa shape index (κ2) is 11.8. The molecule has 0 radical (unpaired) electrons. The van der Waals surface area contributed by atoms with Crippen molar-refractivity contribution in [1.29, 1.82) is 0 Å². The number of benzene rings is 2. The molecule has 0 atom stereocenters. The Balaban J connectivity index is 1.47. The Kier molecular flexibility index (Phi) is 8.85. The Bertz CT molecular complexity index is 821. The fraction of sp³-hybridized carbons (Fsp3) is 0.409. The molecule has 3 aromatic rings. The fourth-order valence-electron chi connectivity index (χ4n) is 3.12. The molecule has 0 aliphatic rings. The van der Waals surface area contributed by atoms with Crippen molar-refractivity contribution in [2.24, 2.45) is 0 Å². The molecule has 7 heteroatoms. The number of ether oxygens (including phenoxy) is 1. The highest BCUT2D eigenvalue weighted by molar-refractivity contribution is 7.20. The van der Waals surface area contributed by atoms with Gasteiger partial charge in [0.1, 0.15) is 5.75 Å². The first-order chi connectivity index (χ1) is 14.3. The molecule has 156 valence electrons. The zero-order valence-electron chi connectivity index (χ0n) is 17.1. The van der Waals surface area contributed by atoms with Crippen LogP contribution < -0.4 is 10.4 Å². The monoisotopic (exact) mass is 415 g/mol. The molecule has 0 unspecified atom stereocenters. The molecule has 0 amide bonds. The minimum Gasteiger partial charge on any atom is -0.431 e. The molecule has 2 aromatic carbocycles. The Labute approximate surface area is 176 Å². The highest BCUT2D eigenvalue weighted by atomic mass is 32.1. The van der Waals surface area contributed by atoms with Gasteiger partial charge >= 0.3 is 0 Å². The lowest BCUT2D eigenvalue weighted by Gasteiger charge is -2.21. The molecule has 1 aromatic heterocycles. The largest absolute Gasteiger partial charge is 0.431 e. The Morgan fingerprint density at radius 2 is 1.86 bits per heavy atom. The van der Waals surface area contributed by atoms with Crippen molar-refractivity contribution in [2.75, 3.05) is 33.4 Å². The number of rotatable bonds is 13. The molecule has 29 heavy (non-hydrogen) atoms. The van der Waals surface area contributed by atoms with Crippen LogP contribution in [-0.2, 0) is 16.1 Å². The van der Waals surface area contributed by atoms with E-state index >= 15 is 0 Å². The topological polar surface area (TPSA) is 55.9 Å². The van der Waals surface area contributed by atoms with Crippen LogP contribution >= 0.6 is 11.3 Å². The number of thiazole rings is 1. The van der Waals surface area contributed by atoms with Gasteiger partial charge in [0, 0.05) is 13.1 Å². The predicted molar refractivity (Wildman–Crippen MR) is 117 cm³/mol. The first-order valence-corrected chi connectivity index (χ1v) is 10.8. The molecule has 1 heterocycles. The average Bonchev–Trinajstić information content (AvgIpc) is 3.15. The van der Waals surface area contributed by atoms with Gasteiger partial charge in [-0.2, -0.15) is 0 Å². The van der Waals surface area contributed by atoms with Gasteiger partial charge in [0.05, 0.1) is 23.9 Å². The van der Waals surface area contributed by atoms with E-state index in [9.17, 15) is 0 Å². The third-order valence-electron chi connectivity index (χ3n) is 4.52. The Morgan fingerprint density at radius 1 is 1.03 bits per heavy atom. The zero-order valence-corrected chi connectivity index (χ0v) is 17.9. The molecule has 1 N–H and O–H groups in total. The van der Waals surface area contributed by atoms with Crippen molar-refractivity contribution in [3.05, 3.63) is 54.1 Å². The molecular weight excluding hydrogens is 386 g/mol. The van der Waals surface area contributed by atoms with Crippen LogP contribution in [0.5, 0.6) is 10.9 Å². The number of para-hydroxylation sites is 1. The summed E-state index contributed by atoms with van der Waals surface area (Å²) in [4.78, 5) is 16.8. The number of fused-ring (bicyclic) bond motifs is 1. The molecule has 0 spiro atoms. The van der Waals surface area contributed by atoms with E-state index in [0.717, 1.165) is 54.9 Å². The van der Waals surface area contributed by atoms with Crippen molar-refractivity contribution in [1.82, 2.24) is 15.5 Å². The van der Waals surface area contributed by atoms with Crippen molar-refractivity contribution in [3.8, 4) is 10.9 Å². The first-order valence-electron chi connectivity index (χ1n) is 10.0. The number of nitrogens with zero attached hydrogens (tertiary/aromatic N) is 2. The van der Waals surface area contributed by atoms with Crippen LogP contribution in [0.4, 0.5) is 0 Å². The van der Waals surface area contributed by atoms with E-state index in [4.69, 9.17) is 9.57 Å². The lowest BCUT2D eigenvalue weighted by Crippen LogP contribution is -2.29. The van der Waals surface area contributed by atoms with E-state index in [0.29, 0.717) is 11.8 Å². The van der Waals surface area contributed by atoms with Gasteiger partial charge in [-0.3, -0.25) is 9.68 Å². The van der Waals surface area contributed by atoms with Gasteiger partial charge in [-0.05, 0) is 55.6 Å². The fourth-order valence-corrected chi connectivity index (χ4v) is 3.95. The van der Waals surface area contributed by atoms with E-state index in [1.54, 1.807) is 18.4 Å². The third-order valence-corrected chi connectivity index (χ3v) is 5.44. The van der Waals surface area contributed by atoms with Crippen LogP contribution in [0.1, 0.15) is 25.3 Å². The van der Waals surface area contributed by atoms with Crippen molar-refractivity contribution in [3.63, 3.8) is 0 Å². The van der Waals surface area contributed by atoms with E-state index in [1.807, 2.05) is 30.3 Å². The first kappa shape index (κ1) is 21.7. The maximum Gasteiger partial charge on any atom is 0.279 e. The summed E-state index contributed by atoms with van der Waals surface area (Å²) in [5.41, 5.74) is 4.69. The summed E-state index contributed by atoms with van der Waals surface area (Å²) in [6, 6.07) is 16.4. The number of aromatic nitrogens is 1. The molecule has 0 saturated carbocycles. The standard InChI is InChI=1S/C22H29N3O3S/c1-3-14-25(15-6-17-27-24-26-2)16-13-18-9-11-19(12-10-18)28-22-23-20-7-4-5-8-21(20)29-22/h4-5,7-12,24H,3,6,13-17H2,1-2H3. The van der Waals surface area contributed by atoms with Crippen LogP contribution in [0.2, 0.25) is 0 Å². The Hall–Kier alpha value is -2.03. The Morgan fingerprint density at radius 3 is 2.62 bits per heavy atom. The van der Waals surface area contributed by atoms with Crippen molar-refractivity contribution in [2.45, 2.75) is 26.2 Å². The van der Waals surface area contributed by atoms with Crippen LogP contribution in [0, 0.1) is 0 Å². The molecule has 0 bridgehead atoms. The second-order valence-corrected chi connectivity index (χ2v) is 7.77. The summed E-state index contributed by atoms with van der Waals surface area (Å²) < 4.78 is 7.07. The van der Waals surface area contributed by atoms with Crippen LogP contribution in [0.25, 0.3) is 10.2 Å². The summed E-state index contributed by atoms with van der Waals surface area (Å²) in [6.07, 6.45) is 3.12. The minimum atomic E-state index is 0.631. The molecule has 0 saturated heterocycles. The average molecular weight is 416 g/mol. The molecule has 0 aliphatic heterocycles. The van der Waals surface area contributed by atoms with E-state index in [1.165, 1.54) is 5.56 Å². The molecule has 0 aliphatic carbocycles. The highest BCUT2D eigenvalue weighted by Crippen LogP contribution is 2.31. The molecule has 0 fully saturated rings. The number of hydrogen-bond donors (Lipinski definition) is 1. The lowest BCUT2D eigenvalue weighted by molar-refractivity contribution is -0.152.